The maximum Gasteiger partial charge on any atom is 0.306 e. The lowest BCUT2D eigenvalue weighted by molar-refractivity contribution is -0.142. The summed E-state index contributed by atoms with van der Waals surface area (Å²) in [5.41, 5.74) is 1.18. The summed E-state index contributed by atoms with van der Waals surface area (Å²) in [6.45, 7) is 4.16. The van der Waals surface area contributed by atoms with Crippen LogP contribution in [-0.4, -0.2) is 23.0 Å². The number of carbonyl (C=O) groups excluding carboxylic acids is 1. The van der Waals surface area contributed by atoms with E-state index in [0.29, 0.717) is 12.8 Å². The summed E-state index contributed by atoms with van der Waals surface area (Å²) in [7, 11) is 0. The van der Waals surface area contributed by atoms with Gasteiger partial charge in [0.05, 0.1) is 5.92 Å². The zero-order valence-electron chi connectivity index (χ0n) is 14.0. The topological polar surface area (TPSA) is 66.4 Å². The highest BCUT2D eigenvalue weighted by atomic mass is 16.4. The zero-order valence-corrected chi connectivity index (χ0v) is 14.0. The number of carboxylic acids is 1. The molecule has 1 aromatic carbocycles. The van der Waals surface area contributed by atoms with Gasteiger partial charge in [0.15, 0.2) is 0 Å². The van der Waals surface area contributed by atoms with Crippen LogP contribution >= 0.6 is 0 Å². The summed E-state index contributed by atoms with van der Waals surface area (Å²) in [6, 6.07) is 10.2. The van der Waals surface area contributed by atoms with Crippen molar-refractivity contribution in [3.8, 4) is 0 Å². The van der Waals surface area contributed by atoms with Crippen molar-refractivity contribution in [3.63, 3.8) is 0 Å². The van der Waals surface area contributed by atoms with Gasteiger partial charge >= 0.3 is 5.97 Å². The van der Waals surface area contributed by atoms with Crippen molar-refractivity contribution in [1.29, 1.82) is 0 Å². The van der Waals surface area contributed by atoms with Gasteiger partial charge in [-0.15, -0.1) is 0 Å². The van der Waals surface area contributed by atoms with Gasteiger partial charge in [-0.3, -0.25) is 9.59 Å². The van der Waals surface area contributed by atoms with Gasteiger partial charge in [0, 0.05) is 12.0 Å². The second-order valence-corrected chi connectivity index (χ2v) is 6.94. The molecule has 1 fully saturated rings. The van der Waals surface area contributed by atoms with Gasteiger partial charge < -0.3 is 10.4 Å². The van der Waals surface area contributed by atoms with Gasteiger partial charge in [-0.1, -0.05) is 44.2 Å². The highest BCUT2D eigenvalue weighted by Gasteiger charge is 2.29. The Morgan fingerprint density at radius 2 is 1.74 bits per heavy atom. The molecule has 1 unspecified atom stereocenters. The zero-order chi connectivity index (χ0) is 16.8. The third kappa shape index (κ3) is 5.08. The van der Waals surface area contributed by atoms with Gasteiger partial charge in [0.1, 0.15) is 0 Å². The molecule has 1 aliphatic carbocycles. The second-order valence-electron chi connectivity index (χ2n) is 6.94. The molecule has 2 rings (SSSR count). The number of carboxylic acid groups (broad SMARTS) is 1. The Morgan fingerprint density at radius 3 is 2.26 bits per heavy atom. The molecule has 0 aromatic heterocycles. The molecular formula is C19H27NO3. The highest BCUT2D eigenvalue weighted by Crippen LogP contribution is 2.25. The smallest absolute Gasteiger partial charge is 0.306 e. The van der Waals surface area contributed by atoms with E-state index >= 15 is 0 Å². The van der Waals surface area contributed by atoms with Gasteiger partial charge in [-0.2, -0.15) is 0 Å². The minimum absolute atomic E-state index is 0.0467. The van der Waals surface area contributed by atoms with Crippen LogP contribution in [0.5, 0.6) is 0 Å². The van der Waals surface area contributed by atoms with Gasteiger partial charge in [0.25, 0.3) is 0 Å². The minimum Gasteiger partial charge on any atom is -0.481 e. The van der Waals surface area contributed by atoms with Gasteiger partial charge in [-0.05, 0) is 43.6 Å². The molecule has 2 N–H and O–H groups in total. The van der Waals surface area contributed by atoms with Crippen LogP contribution in [0.4, 0.5) is 0 Å². The van der Waals surface area contributed by atoms with E-state index < -0.39 is 5.97 Å². The Balaban J connectivity index is 1.90. The third-order valence-corrected chi connectivity index (χ3v) is 4.86. The molecule has 23 heavy (non-hydrogen) atoms. The number of amides is 1. The van der Waals surface area contributed by atoms with E-state index in [1.807, 2.05) is 18.2 Å². The van der Waals surface area contributed by atoms with Crippen molar-refractivity contribution >= 4 is 11.9 Å². The number of aliphatic carboxylic acids is 1. The van der Waals surface area contributed by atoms with E-state index in [9.17, 15) is 9.59 Å². The van der Waals surface area contributed by atoms with Gasteiger partial charge in [0.2, 0.25) is 5.91 Å². The largest absolute Gasteiger partial charge is 0.481 e. The lowest BCUT2D eigenvalue weighted by atomic mass is 9.84. The molecule has 0 radical (unpaired) electrons. The Morgan fingerprint density at radius 1 is 1.13 bits per heavy atom. The molecule has 0 heterocycles. The lowest BCUT2D eigenvalue weighted by Crippen LogP contribution is -2.43. The van der Waals surface area contributed by atoms with Crippen LogP contribution in [0, 0.1) is 17.8 Å². The summed E-state index contributed by atoms with van der Waals surface area (Å²) < 4.78 is 0. The number of rotatable bonds is 6. The molecule has 1 atom stereocenters. The van der Waals surface area contributed by atoms with E-state index in [4.69, 9.17) is 5.11 Å². The molecule has 0 bridgehead atoms. The first kappa shape index (κ1) is 17.5. The maximum atomic E-state index is 12.6. The summed E-state index contributed by atoms with van der Waals surface area (Å²) in [5.74, 6) is -0.630. The van der Waals surface area contributed by atoms with Crippen molar-refractivity contribution in [3.05, 3.63) is 35.9 Å². The molecule has 1 aliphatic rings. The molecular weight excluding hydrogens is 290 g/mol. The van der Waals surface area contributed by atoms with Crippen LogP contribution in [0.2, 0.25) is 0 Å². The van der Waals surface area contributed by atoms with E-state index in [1.54, 1.807) is 0 Å². The average Bonchev–Trinajstić information content (AvgIpc) is 2.53. The molecule has 1 saturated carbocycles. The van der Waals surface area contributed by atoms with Crippen LogP contribution in [0.1, 0.15) is 45.1 Å². The Kier molecular flexibility index (Phi) is 6.20. The molecule has 126 valence electrons. The Bertz CT molecular complexity index is 519. The van der Waals surface area contributed by atoms with Crippen LogP contribution in [0.3, 0.4) is 0 Å². The molecule has 1 amide bonds. The van der Waals surface area contributed by atoms with E-state index in [2.05, 4.69) is 31.3 Å². The summed E-state index contributed by atoms with van der Waals surface area (Å²) in [6.07, 6.45) is 3.59. The number of hydrogen-bond acceptors (Lipinski definition) is 2. The van der Waals surface area contributed by atoms with E-state index in [0.717, 1.165) is 19.3 Å². The van der Waals surface area contributed by atoms with Crippen LogP contribution < -0.4 is 5.32 Å². The first-order chi connectivity index (χ1) is 11.0. The summed E-state index contributed by atoms with van der Waals surface area (Å²) in [5, 5.41) is 12.2. The number of nitrogens with one attached hydrogen (secondary N) is 1. The Hall–Kier alpha value is -1.84. The van der Waals surface area contributed by atoms with Crippen molar-refractivity contribution in [2.24, 2.45) is 17.8 Å². The number of hydrogen-bond donors (Lipinski definition) is 2. The standard InChI is InChI=1S/C19H27NO3/c1-13(2)17(12-14-6-4-3-5-7-14)18(21)20-16-10-8-15(9-11-16)19(22)23/h3-7,13,15-17H,8-12H2,1-2H3,(H,20,21)(H,22,23). The van der Waals surface area contributed by atoms with Crippen molar-refractivity contribution in [2.45, 2.75) is 52.0 Å². The van der Waals surface area contributed by atoms with Crippen LogP contribution in [0.15, 0.2) is 30.3 Å². The molecule has 4 heteroatoms. The van der Waals surface area contributed by atoms with Crippen molar-refractivity contribution < 1.29 is 14.7 Å². The van der Waals surface area contributed by atoms with Crippen molar-refractivity contribution in [2.75, 3.05) is 0 Å². The minimum atomic E-state index is -0.709. The predicted molar refractivity (Wildman–Crippen MR) is 90.0 cm³/mol. The normalized spacial score (nSPS) is 22.6. The monoisotopic (exact) mass is 317 g/mol. The summed E-state index contributed by atoms with van der Waals surface area (Å²) >= 11 is 0. The first-order valence-electron chi connectivity index (χ1n) is 8.54. The number of benzene rings is 1. The lowest BCUT2D eigenvalue weighted by Gasteiger charge is -2.29. The fourth-order valence-corrected chi connectivity index (χ4v) is 3.29. The molecule has 1 aromatic rings. The maximum absolute atomic E-state index is 12.6. The fourth-order valence-electron chi connectivity index (χ4n) is 3.29. The van der Waals surface area contributed by atoms with Crippen molar-refractivity contribution in [1.82, 2.24) is 5.32 Å². The molecule has 4 nitrogen and oxygen atoms in total. The SMILES string of the molecule is CC(C)C(Cc1ccccc1)C(=O)NC1CCC(C(=O)O)CC1. The Labute approximate surface area is 138 Å². The number of carbonyl (C=O) groups is 2. The summed E-state index contributed by atoms with van der Waals surface area (Å²) in [4.78, 5) is 23.6. The predicted octanol–water partition coefficient (Wildman–Crippen LogP) is 3.26. The third-order valence-electron chi connectivity index (χ3n) is 4.86. The van der Waals surface area contributed by atoms with Crippen LogP contribution in [0.25, 0.3) is 0 Å². The highest BCUT2D eigenvalue weighted by molar-refractivity contribution is 5.79. The molecule has 0 saturated heterocycles. The quantitative estimate of drug-likeness (QED) is 0.846. The van der Waals surface area contributed by atoms with E-state index in [1.165, 1.54) is 5.56 Å². The van der Waals surface area contributed by atoms with E-state index in [-0.39, 0.29) is 29.7 Å². The van der Waals surface area contributed by atoms with Gasteiger partial charge in [-0.25, -0.2) is 0 Å². The fraction of sp³-hybridized carbons (Fsp3) is 0.579. The molecule has 0 aliphatic heterocycles. The average molecular weight is 317 g/mol. The second kappa shape index (κ2) is 8.14. The molecule has 0 spiro atoms. The first-order valence-corrected chi connectivity index (χ1v) is 8.54. The van der Waals surface area contributed by atoms with Crippen LogP contribution in [-0.2, 0) is 16.0 Å².